The number of carbonyl (C=O) groups is 1. The zero-order valence-electron chi connectivity index (χ0n) is 14.2. The first kappa shape index (κ1) is 14.5. The van der Waals surface area contributed by atoms with Crippen LogP contribution in [0.15, 0.2) is 5.10 Å². The number of nitrogens with one attached hydrogen (secondary N) is 1. The Kier molecular flexibility index (Phi) is 3.52. The minimum Gasteiger partial charge on any atom is -0.273 e. The smallest absolute Gasteiger partial charge is 0.243 e. The Hall–Kier alpha value is -0.860. The summed E-state index contributed by atoms with van der Waals surface area (Å²) in [5.74, 6) is 5.19. The molecular weight excluding hydrogens is 284 g/mol. The highest BCUT2D eigenvalue weighted by Gasteiger charge is 2.53. The standard InChI is InChI=1S/C20H30N2O/c23-20(18-16-5-3-1-2-4-6-17(16)18)22-21-19-14-8-12-7-13(10-14)11-15(19)9-12/h12-18H,1-11H2,(H,22,23)/t12?,13?,14?,15?,16-,17+,18?. The number of nitrogens with zero attached hydrogens (tertiary/aromatic N) is 1. The number of carbonyl (C=O) groups excluding carboxylic acids is 1. The van der Waals surface area contributed by atoms with Crippen LogP contribution in [0.5, 0.6) is 0 Å². The van der Waals surface area contributed by atoms with Gasteiger partial charge in [-0.2, -0.15) is 5.10 Å². The third-order valence-corrected chi connectivity index (χ3v) is 7.73. The van der Waals surface area contributed by atoms with Gasteiger partial charge in [-0.1, -0.05) is 25.7 Å². The second-order valence-electron chi connectivity index (χ2n) is 9.16. The van der Waals surface area contributed by atoms with Crippen LogP contribution < -0.4 is 5.43 Å². The summed E-state index contributed by atoms with van der Waals surface area (Å²) in [7, 11) is 0. The van der Waals surface area contributed by atoms with Crippen molar-refractivity contribution in [2.24, 2.45) is 46.5 Å². The maximum atomic E-state index is 12.6. The van der Waals surface area contributed by atoms with Crippen LogP contribution in [0.3, 0.4) is 0 Å². The van der Waals surface area contributed by atoms with E-state index in [0.717, 1.165) is 11.8 Å². The van der Waals surface area contributed by atoms with E-state index < -0.39 is 0 Å². The lowest BCUT2D eigenvalue weighted by molar-refractivity contribution is -0.122. The predicted molar refractivity (Wildman–Crippen MR) is 90.8 cm³/mol. The van der Waals surface area contributed by atoms with Gasteiger partial charge in [-0.15, -0.1) is 0 Å². The van der Waals surface area contributed by atoms with E-state index in [0.29, 0.717) is 23.7 Å². The highest BCUT2D eigenvalue weighted by molar-refractivity contribution is 5.92. The summed E-state index contributed by atoms with van der Waals surface area (Å²) in [5, 5.41) is 4.71. The zero-order chi connectivity index (χ0) is 15.4. The van der Waals surface area contributed by atoms with Crippen LogP contribution in [0.25, 0.3) is 0 Å². The van der Waals surface area contributed by atoms with Gasteiger partial charge in [0.2, 0.25) is 5.91 Å². The van der Waals surface area contributed by atoms with E-state index >= 15 is 0 Å². The fourth-order valence-electron chi connectivity index (χ4n) is 6.78. The van der Waals surface area contributed by atoms with E-state index in [1.165, 1.54) is 76.3 Å². The van der Waals surface area contributed by atoms with Gasteiger partial charge >= 0.3 is 0 Å². The minimum atomic E-state index is 0.239. The van der Waals surface area contributed by atoms with Crippen molar-refractivity contribution in [1.82, 2.24) is 5.43 Å². The fraction of sp³-hybridized carbons (Fsp3) is 0.900. The van der Waals surface area contributed by atoms with Crippen molar-refractivity contribution < 1.29 is 4.79 Å². The van der Waals surface area contributed by atoms with Crippen LogP contribution in [0.4, 0.5) is 0 Å². The maximum Gasteiger partial charge on any atom is 0.243 e. The van der Waals surface area contributed by atoms with Gasteiger partial charge in [0.25, 0.3) is 0 Å². The first-order chi connectivity index (χ1) is 11.3. The van der Waals surface area contributed by atoms with Crippen molar-refractivity contribution in [1.29, 1.82) is 0 Å². The molecule has 3 nitrogen and oxygen atoms in total. The van der Waals surface area contributed by atoms with Crippen LogP contribution in [0.2, 0.25) is 0 Å². The number of rotatable bonds is 2. The lowest BCUT2D eigenvalue weighted by Gasteiger charge is -2.50. The lowest BCUT2D eigenvalue weighted by atomic mass is 9.55. The van der Waals surface area contributed by atoms with E-state index in [1.54, 1.807) is 0 Å². The Balaban J connectivity index is 1.23. The summed E-state index contributed by atoms with van der Waals surface area (Å²) in [6.45, 7) is 0. The quantitative estimate of drug-likeness (QED) is 0.765. The second kappa shape index (κ2) is 5.60. The fourth-order valence-corrected chi connectivity index (χ4v) is 6.78. The van der Waals surface area contributed by atoms with Gasteiger partial charge in [-0.25, -0.2) is 5.43 Å². The van der Waals surface area contributed by atoms with Gasteiger partial charge in [-0.05, 0) is 80.5 Å². The highest BCUT2D eigenvalue weighted by Crippen LogP contribution is 2.54. The summed E-state index contributed by atoms with van der Waals surface area (Å²) in [5.41, 5.74) is 4.38. The molecule has 0 radical (unpaired) electrons. The van der Waals surface area contributed by atoms with Crippen molar-refractivity contribution >= 4 is 11.6 Å². The molecule has 6 saturated carbocycles. The van der Waals surface area contributed by atoms with Crippen LogP contribution in [-0.4, -0.2) is 11.6 Å². The van der Waals surface area contributed by atoms with Gasteiger partial charge in [-0.3, -0.25) is 4.79 Å². The van der Waals surface area contributed by atoms with Gasteiger partial charge in [0.05, 0.1) is 0 Å². The van der Waals surface area contributed by atoms with E-state index in [-0.39, 0.29) is 11.8 Å². The molecule has 1 N–H and O–H groups in total. The molecule has 6 aliphatic carbocycles. The third kappa shape index (κ3) is 2.55. The summed E-state index contributed by atoms with van der Waals surface area (Å²) in [6, 6.07) is 0. The molecule has 0 aromatic heterocycles. The van der Waals surface area contributed by atoms with E-state index in [4.69, 9.17) is 5.10 Å². The van der Waals surface area contributed by atoms with Gasteiger partial charge in [0, 0.05) is 11.6 Å². The molecule has 0 saturated heterocycles. The SMILES string of the molecule is O=C(NN=C1C2CC3CC(C2)CC1C3)C1[C@H]2CCCCCC[C@@H]12. The second-order valence-corrected chi connectivity index (χ2v) is 9.16. The normalized spacial score (nSPS) is 47.5. The van der Waals surface area contributed by atoms with Gasteiger partial charge in [0.15, 0.2) is 0 Å². The van der Waals surface area contributed by atoms with Crippen LogP contribution in [0, 0.1) is 41.4 Å². The van der Waals surface area contributed by atoms with Crippen molar-refractivity contribution in [2.75, 3.05) is 0 Å². The molecular formula is C20H30N2O. The zero-order valence-corrected chi connectivity index (χ0v) is 14.2. The topological polar surface area (TPSA) is 41.5 Å². The molecule has 6 aliphatic rings. The summed E-state index contributed by atoms with van der Waals surface area (Å²) in [4.78, 5) is 12.6. The van der Waals surface area contributed by atoms with E-state index in [1.807, 2.05) is 0 Å². The highest BCUT2D eigenvalue weighted by atomic mass is 16.2. The average molecular weight is 314 g/mol. The molecule has 3 atom stereocenters. The molecule has 6 rings (SSSR count). The largest absolute Gasteiger partial charge is 0.273 e. The summed E-state index contributed by atoms with van der Waals surface area (Å²) in [6.07, 6.45) is 14.8. The molecule has 0 aromatic carbocycles. The Morgan fingerprint density at radius 2 is 1.39 bits per heavy atom. The van der Waals surface area contributed by atoms with Crippen molar-refractivity contribution in [3.63, 3.8) is 0 Å². The van der Waals surface area contributed by atoms with Gasteiger partial charge < -0.3 is 0 Å². The molecule has 0 aromatic rings. The molecule has 0 spiro atoms. The Morgan fingerprint density at radius 3 is 1.96 bits per heavy atom. The van der Waals surface area contributed by atoms with E-state index in [2.05, 4.69) is 5.43 Å². The van der Waals surface area contributed by atoms with Gasteiger partial charge in [0.1, 0.15) is 0 Å². The molecule has 6 fully saturated rings. The number of hydrogen-bond donors (Lipinski definition) is 1. The molecule has 0 aliphatic heterocycles. The summed E-state index contributed by atoms with van der Waals surface area (Å²) < 4.78 is 0. The summed E-state index contributed by atoms with van der Waals surface area (Å²) >= 11 is 0. The molecule has 4 bridgehead atoms. The van der Waals surface area contributed by atoms with Crippen molar-refractivity contribution in [3.05, 3.63) is 0 Å². The number of amides is 1. The van der Waals surface area contributed by atoms with Crippen LogP contribution >= 0.6 is 0 Å². The molecule has 0 heterocycles. The number of hydrazone groups is 1. The molecule has 1 amide bonds. The number of fused-ring (bicyclic) bond motifs is 1. The third-order valence-electron chi connectivity index (χ3n) is 7.73. The minimum absolute atomic E-state index is 0.239. The Morgan fingerprint density at radius 1 is 0.826 bits per heavy atom. The first-order valence-electron chi connectivity index (χ1n) is 10.2. The lowest BCUT2D eigenvalue weighted by Crippen LogP contribution is -2.46. The maximum absolute atomic E-state index is 12.6. The molecule has 3 heteroatoms. The monoisotopic (exact) mass is 314 g/mol. The van der Waals surface area contributed by atoms with E-state index in [9.17, 15) is 4.79 Å². The van der Waals surface area contributed by atoms with Crippen LogP contribution in [-0.2, 0) is 4.79 Å². The van der Waals surface area contributed by atoms with Crippen molar-refractivity contribution in [2.45, 2.75) is 70.6 Å². The van der Waals surface area contributed by atoms with Crippen molar-refractivity contribution in [3.8, 4) is 0 Å². The molecule has 23 heavy (non-hydrogen) atoms. The number of hydrogen-bond acceptors (Lipinski definition) is 2. The average Bonchev–Trinajstić information content (AvgIpc) is 3.16. The Bertz CT molecular complexity index is 482. The first-order valence-corrected chi connectivity index (χ1v) is 10.2. The van der Waals surface area contributed by atoms with Crippen LogP contribution in [0.1, 0.15) is 70.6 Å². The molecule has 126 valence electrons. The Labute approximate surface area is 139 Å². The predicted octanol–water partition coefficient (Wildman–Crippen LogP) is 4.13. The molecule has 1 unspecified atom stereocenters.